The molecule has 0 atom stereocenters. The van der Waals surface area contributed by atoms with E-state index in [0.717, 1.165) is 53.8 Å². The van der Waals surface area contributed by atoms with Crippen LogP contribution in [0.2, 0.25) is 0 Å². The lowest BCUT2D eigenvalue weighted by atomic mass is 10.2. The van der Waals surface area contributed by atoms with Gasteiger partial charge in [0, 0.05) is 37.8 Å². The highest BCUT2D eigenvalue weighted by molar-refractivity contribution is 7.18. The van der Waals surface area contributed by atoms with Gasteiger partial charge < -0.3 is 15.4 Å². The predicted molar refractivity (Wildman–Crippen MR) is 98.0 cm³/mol. The molecule has 1 aliphatic heterocycles. The summed E-state index contributed by atoms with van der Waals surface area (Å²) >= 11 is 1.68. The number of carbonyl (C=O) groups is 1. The minimum Gasteiger partial charge on any atom is -0.379 e. The zero-order chi connectivity index (χ0) is 16.9. The van der Waals surface area contributed by atoms with E-state index in [1.54, 1.807) is 11.3 Å². The van der Waals surface area contributed by atoms with E-state index in [2.05, 4.69) is 34.4 Å². The van der Waals surface area contributed by atoms with Crippen molar-refractivity contribution < 1.29 is 9.53 Å². The quantitative estimate of drug-likeness (QED) is 0.872. The number of nitrogens with zero attached hydrogens (tertiary/aromatic N) is 2. The van der Waals surface area contributed by atoms with Gasteiger partial charge in [-0.1, -0.05) is 13.8 Å². The van der Waals surface area contributed by atoms with Crippen LogP contribution in [0.1, 0.15) is 24.8 Å². The molecule has 1 aromatic carbocycles. The van der Waals surface area contributed by atoms with Gasteiger partial charge in [0.1, 0.15) is 0 Å². The number of rotatable bonds is 5. The van der Waals surface area contributed by atoms with Crippen LogP contribution >= 0.6 is 11.3 Å². The molecule has 7 heteroatoms. The molecule has 2 amide bonds. The van der Waals surface area contributed by atoms with Gasteiger partial charge >= 0.3 is 6.03 Å². The fraction of sp³-hybridized carbons (Fsp3) is 0.529. The second-order valence-electron chi connectivity index (χ2n) is 6.22. The molecule has 24 heavy (non-hydrogen) atoms. The van der Waals surface area contributed by atoms with Gasteiger partial charge in [0.15, 0.2) is 0 Å². The summed E-state index contributed by atoms with van der Waals surface area (Å²) in [5.74, 6) is 0.419. The van der Waals surface area contributed by atoms with Crippen LogP contribution in [-0.2, 0) is 4.74 Å². The number of aromatic nitrogens is 1. The summed E-state index contributed by atoms with van der Waals surface area (Å²) in [5, 5.41) is 6.92. The Hall–Kier alpha value is -1.70. The molecule has 3 rings (SSSR count). The molecule has 1 saturated heterocycles. The van der Waals surface area contributed by atoms with Crippen LogP contribution in [0.15, 0.2) is 18.2 Å². The molecule has 2 N–H and O–H groups in total. The zero-order valence-electron chi connectivity index (χ0n) is 14.2. The third-order valence-corrected chi connectivity index (χ3v) is 5.29. The second kappa shape index (κ2) is 7.92. The van der Waals surface area contributed by atoms with Gasteiger partial charge in [-0.05, 0) is 18.2 Å². The zero-order valence-corrected chi connectivity index (χ0v) is 15.0. The maximum atomic E-state index is 12.0. The third kappa shape index (κ3) is 4.43. The number of hydrogen-bond acceptors (Lipinski definition) is 5. The highest BCUT2D eigenvalue weighted by Crippen LogP contribution is 2.29. The van der Waals surface area contributed by atoms with E-state index in [0.29, 0.717) is 12.5 Å². The van der Waals surface area contributed by atoms with Crippen LogP contribution in [0.25, 0.3) is 10.2 Å². The monoisotopic (exact) mass is 348 g/mol. The van der Waals surface area contributed by atoms with Crippen molar-refractivity contribution in [1.29, 1.82) is 0 Å². The van der Waals surface area contributed by atoms with Crippen molar-refractivity contribution in [3.63, 3.8) is 0 Å². The van der Waals surface area contributed by atoms with E-state index in [-0.39, 0.29) is 6.03 Å². The first kappa shape index (κ1) is 17.1. The van der Waals surface area contributed by atoms with Crippen molar-refractivity contribution >= 4 is 33.3 Å². The average Bonchev–Trinajstić information content (AvgIpc) is 2.99. The molecule has 1 aliphatic rings. The summed E-state index contributed by atoms with van der Waals surface area (Å²) in [6, 6.07) is 5.67. The highest BCUT2D eigenvalue weighted by atomic mass is 32.1. The van der Waals surface area contributed by atoms with E-state index in [1.807, 2.05) is 18.2 Å². The van der Waals surface area contributed by atoms with E-state index in [1.165, 1.54) is 0 Å². The molecule has 0 aliphatic carbocycles. The Labute approximate surface area is 146 Å². The van der Waals surface area contributed by atoms with Crippen molar-refractivity contribution in [3.8, 4) is 0 Å². The Kier molecular flexibility index (Phi) is 5.65. The Bertz CT molecular complexity index is 695. The van der Waals surface area contributed by atoms with E-state index >= 15 is 0 Å². The standard InChI is InChI=1S/C17H24N4O2S/c1-12(2)16-20-14-4-3-13(11-15(14)24-16)19-17(22)18-5-6-21-7-9-23-10-8-21/h3-4,11-12H,5-10H2,1-2H3,(H2,18,19,22). The third-order valence-electron chi connectivity index (χ3n) is 3.97. The van der Waals surface area contributed by atoms with Crippen LogP contribution in [0.3, 0.4) is 0 Å². The lowest BCUT2D eigenvalue weighted by Crippen LogP contribution is -2.42. The Morgan fingerprint density at radius 3 is 2.92 bits per heavy atom. The number of benzene rings is 1. The van der Waals surface area contributed by atoms with Crippen LogP contribution in [-0.4, -0.2) is 55.3 Å². The van der Waals surface area contributed by atoms with Crippen LogP contribution in [0.4, 0.5) is 10.5 Å². The van der Waals surface area contributed by atoms with Crippen molar-refractivity contribution in [2.75, 3.05) is 44.7 Å². The van der Waals surface area contributed by atoms with E-state index in [9.17, 15) is 4.79 Å². The maximum absolute atomic E-state index is 12.0. The number of nitrogens with one attached hydrogen (secondary N) is 2. The number of fused-ring (bicyclic) bond motifs is 1. The largest absolute Gasteiger partial charge is 0.379 e. The predicted octanol–water partition coefficient (Wildman–Crippen LogP) is 2.87. The van der Waals surface area contributed by atoms with Gasteiger partial charge in [0.25, 0.3) is 0 Å². The summed E-state index contributed by atoms with van der Waals surface area (Å²) < 4.78 is 6.41. The number of carbonyl (C=O) groups excluding carboxylic acids is 1. The van der Waals surface area contributed by atoms with E-state index in [4.69, 9.17) is 4.74 Å². The number of urea groups is 1. The molecular formula is C17H24N4O2S. The van der Waals surface area contributed by atoms with Gasteiger partial charge in [-0.3, -0.25) is 4.90 Å². The van der Waals surface area contributed by atoms with Crippen LogP contribution in [0.5, 0.6) is 0 Å². The molecule has 0 radical (unpaired) electrons. The van der Waals surface area contributed by atoms with Crippen LogP contribution < -0.4 is 10.6 Å². The number of morpholine rings is 1. The normalized spacial score (nSPS) is 15.8. The summed E-state index contributed by atoms with van der Waals surface area (Å²) in [6.45, 7) is 9.18. The smallest absolute Gasteiger partial charge is 0.319 e. The van der Waals surface area contributed by atoms with Gasteiger partial charge in [-0.15, -0.1) is 11.3 Å². The summed E-state index contributed by atoms with van der Waals surface area (Å²) in [6.07, 6.45) is 0. The first-order chi connectivity index (χ1) is 11.6. The first-order valence-electron chi connectivity index (χ1n) is 8.37. The molecule has 1 fully saturated rings. The minimum atomic E-state index is -0.170. The number of thiazole rings is 1. The topological polar surface area (TPSA) is 66.5 Å². The van der Waals surface area contributed by atoms with Crippen molar-refractivity contribution in [2.24, 2.45) is 0 Å². The van der Waals surface area contributed by atoms with Crippen LogP contribution in [0, 0.1) is 0 Å². The minimum absolute atomic E-state index is 0.170. The maximum Gasteiger partial charge on any atom is 0.319 e. The molecule has 0 bridgehead atoms. The van der Waals surface area contributed by atoms with E-state index < -0.39 is 0 Å². The molecule has 0 spiro atoms. The molecule has 130 valence electrons. The number of amides is 2. The molecule has 2 aromatic rings. The molecular weight excluding hydrogens is 324 g/mol. The lowest BCUT2D eigenvalue weighted by molar-refractivity contribution is 0.0388. The second-order valence-corrected chi connectivity index (χ2v) is 7.29. The summed E-state index contributed by atoms with van der Waals surface area (Å²) in [5.41, 5.74) is 1.78. The first-order valence-corrected chi connectivity index (χ1v) is 9.19. The molecule has 0 unspecified atom stereocenters. The lowest BCUT2D eigenvalue weighted by Gasteiger charge is -2.26. The number of hydrogen-bond donors (Lipinski definition) is 2. The van der Waals surface area contributed by atoms with Crippen molar-refractivity contribution in [1.82, 2.24) is 15.2 Å². The molecule has 2 heterocycles. The van der Waals surface area contributed by atoms with Gasteiger partial charge in [-0.2, -0.15) is 0 Å². The van der Waals surface area contributed by atoms with Crippen molar-refractivity contribution in [2.45, 2.75) is 19.8 Å². The SMILES string of the molecule is CC(C)c1nc2ccc(NC(=O)NCCN3CCOCC3)cc2s1. The van der Waals surface area contributed by atoms with Gasteiger partial charge in [-0.25, -0.2) is 9.78 Å². The summed E-state index contributed by atoms with van der Waals surface area (Å²) in [7, 11) is 0. The molecule has 0 saturated carbocycles. The van der Waals surface area contributed by atoms with Gasteiger partial charge in [0.05, 0.1) is 28.4 Å². The van der Waals surface area contributed by atoms with Crippen molar-refractivity contribution in [3.05, 3.63) is 23.2 Å². The molecule has 1 aromatic heterocycles. The highest BCUT2D eigenvalue weighted by Gasteiger charge is 2.11. The molecule has 6 nitrogen and oxygen atoms in total. The Balaban J connectivity index is 1.51. The Morgan fingerprint density at radius 1 is 1.38 bits per heavy atom. The summed E-state index contributed by atoms with van der Waals surface area (Å²) in [4.78, 5) is 18.9. The number of anilines is 1. The number of ether oxygens (including phenoxy) is 1. The fourth-order valence-corrected chi connectivity index (χ4v) is 3.60. The fourth-order valence-electron chi connectivity index (χ4n) is 2.59. The average molecular weight is 348 g/mol. The Morgan fingerprint density at radius 2 is 2.17 bits per heavy atom. The van der Waals surface area contributed by atoms with Gasteiger partial charge in [0.2, 0.25) is 0 Å².